The Kier molecular flexibility index (Phi) is 6.17. The number of benzene rings is 3. The van der Waals surface area contributed by atoms with Crippen molar-refractivity contribution < 1.29 is 29.5 Å². The van der Waals surface area contributed by atoms with Gasteiger partial charge in [-0.25, -0.2) is 0 Å². The Morgan fingerprint density at radius 3 is 1.00 bits per heavy atom. The van der Waals surface area contributed by atoms with Crippen LogP contribution in [-0.2, 0) is 5.41 Å². The fourth-order valence-corrected chi connectivity index (χ4v) is 4.07. The number of phenolic OH excluding ortho intramolecular Hbond substituents is 3. The van der Waals surface area contributed by atoms with Gasteiger partial charge in [0.2, 0.25) is 0 Å². The second-order valence-electron chi connectivity index (χ2n) is 8.16. The molecule has 170 valence electrons. The number of hydrogen-bond donors (Lipinski definition) is 3. The van der Waals surface area contributed by atoms with Crippen LogP contribution in [0.5, 0.6) is 34.5 Å². The quantitative estimate of drug-likeness (QED) is 0.464. The number of phenols is 3. The van der Waals surface area contributed by atoms with Crippen LogP contribution in [0.3, 0.4) is 0 Å². The maximum atomic E-state index is 10.4. The first-order valence-electron chi connectivity index (χ1n) is 10.2. The molecule has 0 radical (unpaired) electrons. The first-order valence-corrected chi connectivity index (χ1v) is 10.2. The van der Waals surface area contributed by atoms with Gasteiger partial charge < -0.3 is 29.5 Å². The summed E-state index contributed by atoms with van der Waals surface area (Å²) < 4.78 is 16.3. The second-order valence-corrected chi connectivity index (χ2v) is 8.16. The summed E-state index contributed by atoms with van der Waals surface area (Å²) in [5.41, 5.74) is 3.77. The molecule has 0 amide bonds. The highest BCUT2D eigenvalue weighted by Crippen LogP contribution is 2.47. The fraction of sp³-hybridized carbons (Fsp3) is 0.308. The Balaban J connectivity index is 2.45. The molecule has 32 heavy (non-hydrogen) atoms. The van der Waals surface area contributed by atoms with E-state index in [2.05, 4.69) is 0 Å². The molecule has 0 heterocycles. The molecule has 3 aromatic rings. The van der Waals surface area contributed by atoms with Crippen LogP contribution in [0.15, 0.2) is 36.4 Å². The smallest absolute Gasteiger partial charge is 0.161 e. The van der Waals surface area contributed by atoms with Crippen molar-refractivity contribution in [2.75, 3.05) is 21.3 Å². The average Bonchev–Trinajstić information content (AvgIpc) is 2.78. The highest BCUT2D eigenvalue weighted by molar-refractivity contribution is 5.62. The van der Waals surface area contributed by atoms with Gasteiger partial charge in [-0.2, -0.15) is 0 Å². The van der Waals surface area contributed by atoms with E-state index < -0.39 is 5.41 Å². The van der Waals surface area contributed by atoms with E-state index in [-0.39, 0.29) is 17.2 Å². The Bertz CT molecular complexity index is 1020. The minimum Gasteiger partial charge on any atom is -0.504 e. The van der Waals surface area contributed by atoms with Gasteiger partial charge in [-0.05, 0) is 79.3 Å². The van der Waals surface area contributed by atoms with E-state index in [0.717, 1.165) is 16.7 Å². The average molecular weight is 439 g/mol. The van der Waals surface area contributed by atoms with Crippen LogP contribution in [0.2, 0.25) is 0 Å². The van der Waals surface area contributed by atoms with Gasteiger partial charge in [0.05, 0.1) is 21.3 Å². The molecule has 3 N–H and O–H groups in total. The Morgan fingerprint density at radius 1 is 0.531 bits per heavy atom. The summed E-state index contributed by atoms with van der Waals surface area (Å²) in [6.07, 6.45) is 0. The molecule has 0 aliphatic rings. The molecule has 0 aliphatic heterocycles. The van der Waals surface area contributed by atoms with Gasteiger partial charge in [0.25, 0.3) is 0 Å². The van der Waals surface area contributed by atoms with Crippen LogP contribution in [0, 0.1) is 20.8 Å². The van der Waals surface area contributed by atoms with Gasteiger partial charge in [0.1, 0.15) is 0 Å². The lowest BCUT2D eigenvalue weighted by atomic mass is 9.70. The molecule has 0 saturated carbocycles. The largest absolute Gasteiger partial charge is 0.504 e. The molecule has 0 unspecified atom stereocenters. The van der Waals surface area contributed by atoms with Crippen molar-refractivity contribution in [2.24, 2.45) is 0 Å². The molecule has 3 rings (SSSR count). The Hall–Kier alpha value is -3.54. The minimum absolute atomic E-state index is 0.0811. The van der Waals surface area contributed by atoms with Crippen LogP contribution in [0.25, 0.3) is 0 Å². The molecule has 3 aromatic carbocycles. The SMILES string of the molecule is COc1cc(C(C)(c2cc(C)c(O)c(OC)c2)c2cc(C)c(O)c(OC)c2)cc(C)c1O. The molecule has 0 atom stereocenters. The van der Waals surface area contributed by atoms with Crippen molar-refractivity contribution in [1.29, 1.82) is 0 Å². The lowest BCUT2D eigenvalue weighted by Gasteiger charge is -2.34. The summed E-state index contributed by atoms with van der Waals surface area (Å²) in [6, 6.07) is 11.1. The number of hydrogen-bond acceptors (Lipinski definition) is 6. The van der Waals surface area contributed by atoms with Gasteiger partial charge in [-0.1, -0.05) is 18.2 Å². The molecule has 0 spiro atoms. The number of ether oxygens (including phenoxy) is 3. The molecular formula is C26H30O6. The van der Waals surface area contributed by atoms with E-state index in [4.69, 9.17) is 14.2 Å². The molecule has 0 bridgehead atoms. The summed E-state index contributed by atoms with van der Waals surface area (Å²) in [5.74, 6) is 1.32. The zero-order valence-electron chi connectivity index (χ0n) is 19.5. The van der Waals surface area contributed by atoms with E-state index in [9.17, 15) is 15.3 Å². The van der Waals surface area contributed by atoms with E-state index in [1.807, 2.05) is 45.9 Å². The first kappa shape index (κ1) is 23.1. The van der Waals surface area contributed by atoms with Crippen LogP contribution in [0.4, 0.5) is 0 Å². The summed E-state index contributed by atoms with van der Waals surface area (Å²) >= 11 is 0. The van der Waals surface area contributed by atoms with Gasteiger partial charge in [0, 0.05) is 5.41 Å². The maximum absolute atomic E-state index is 10.4. The third-order valence-electron chi connectivity index (χ3n) is 6.19. The van der Waals surface area contributed by atoms with E-state index in [1.165, 1.54) is 21.3 Å². The third kappa shape index (κ3) is 3.66. The number of aryl methyl sites for hydroxylation is 3. The van der Waals surface area contributed by atoms with Crippen molar-refractivity contribution >= 4 is 0 Å². The van der Waals surface area contributed by atoms with Crippen LogP contribution in [0.1, 0.15) is 40.3 Å². The molecule has 6 heteroatoms. The zero-order valence-corrected chi connectivity index (χ0v) is 19.5. The van der Waals surface area contributed by atoms with Crippen LogP contribution < -0.4 is 14.2 Å². The molecule has 0 aromatic heterocycles. The number of methoxy groups -OCH3 is 3. The molecule has 0 fully saturated rings. The van der Waals surface area contributed by atoms with Crippen LogP contribution >= 0.6 is 0 Å². The van der Waals surface area contributed by atoms with Crippen LogP contribution in [-0.4, -0.2) is 36.6 Å². The third-order valence-corrected chi connectivity index (χ3v) is 6.19. The van der Waals surface area contributed by atoms with Gasteiger partial charge >= 0.3 is 0 Å². The molecule has 0 saturated heterocycles. The predicted octanol–water partition coefficient (Wildman–Crippen LogP) is 5.11. The van der Waals surface area contributed by atoms with Gasteiger partial charge in [-0.3, -0.25) is 0 Å². The lowest BCUT2D eigenvalue weighted by molar-refractivity contribution is 0.367. The summed E-state index contributed by atoms with van der Waals surface area (Å²) in [6.45, 7) is 7.47. The van der Waals surface area contributed by atoms with E-state index in [0.29, 0.717) is 33.9 Å². The Labute approximate surface area is 188 Å². The topological polar surface area (TPSA) is 88.4 Å². The highest BCUT2D eigenvalue weighted by atomic mass is 16.5. The van der Waals surface area contributed by atoms with Crippen molar-refractivity contribution in [1.82, 2.24) is 0 Å². The lowest BCUT2D eigenvalue weighted by Crippen LogP contribution is -2.26. The minimum atomic E-state index is -0.775. The summed E-state index contributed by atoms with van der Waals surface area (Å²) in [7, 11) is 4.53. The standard InChI is InChI=1S/C26H30O6/c1-14-8-17(11-20(30-5)23(14)27)26(4,18-9-15(2)24(28)21(12-18)31-6)19-10-16(3)25(29)22(13-19)32-7/h8-13,27-29H,1-7H3. The Morgan fingerprint density at radius 2 is 0.781 bits per heavy atom. The van der Waals surface area contributed by atoms with E-state index in [1.54, 1.807) is 18.2 Å². The summed E-state index contributed by atoms with van der Waals surface area (Å²) in [5, 5.41) is 31.3. The van der Waals surface area contributed by atoms with Crippen molar-refractivity contribution in [3.63, 3.8) is 0 Å². The van der Waals surface area contributed by atoms with E-state index >= 15 is 0 Å². The van der Waals surface area contributed by atoms with Gasteiger partial charge in [0.15, 0.2) is 34.5 Å². The summed E-state index contributed by atoms with van der Waals surface area (Å²) in [4.78, 5) is 0. The number of rotatable bonds is 6. The normalized spacial score (nSPS) is 11.3. The second kappa shape index (κ2) is 8.54. The van der Waals surface area contributed by atoms with Gasteiger partial charge in [-0.15, -0.1) is 0 Å². The molecule has 0 aliphatic carbocycles. The van der Waals surface area contributed by atoms with Crippen molar-refractivity contribution in [3.05, 3.63) is 69.8 Å². The van der Waals surface area contributed by atoms with Crippen molar-refractivity contribution in [2.45, 2.75) is 33.1 Å². The highest BCUT2D eigenvalue weighted by Gasteiger charge is 2.35. The molecular weight excluding hydrogens is 408 g/mol. The monoisotopic (exact) mass is 438 g/mol. The maximum Gasteiger partial charge on any atom is 0.161 e. The molecule has 6 nitrogen and oxygen atoms in total. The first-order chi connectivity index (χ1) is 15.1. The fourth-order valence-electron chi connectivity index (χ4n) is 4.07. The predicted molar refractivity (Wildman–Crippen MR) is 124 cm³/mol. The number of aromatic hydroxyl groups is 3. The zero-order chi connectivity index (χ0) is 23.8. The van der Waals surface area contributed by atoms with Crippen molar-refractivity contribution in [3.8, 4) is 34.5 Å².